The topological polar surface area (TPSA) is 16.3 Å². The van der Waals surface area contributed by atoms with Crippen LogP contribution >= 0.6 is 0 Å². The van der Waals surface area contributed by atoms with Crippen LogP contribution in [-0.2, 0) is 0 Å². The van der Waals surface area contributed by atoms with Gasteiger partial charge < -0.3 is 18.9 Å². The summed E-state index contributed by atoms with van der Waals surface area (Å²) in [7, 11) is 0. The number of hydrogen-bond donors (Lipinski definition) is 0. The van der Waals surface area contributed by atoms with Crippen molar-refractivity contribution < 1.29 is 0 Å². The van der Waals surface area contributed by atoms with E-state index in [9.17, 15) is 0 Å². The van der Waals surface area contributed by atoms with Gasteiger partial charge in [0.25, 0.3) is 0 Å². The zero-order chi connectivity index (χ0) is 41.0. The molecule has 0 radical (unpaired) electrons. The van der Waals surface area contributed by atoms with Crippen LogP contribution in [0, 0.1) is 0 Å². The van der Waals surface area contributed by atoms with E-state index in [1.165, 1.54) is 37.8 Å². The fraction of sp³-hybridized carbons (Fsp3) is 0. The van der Waals surface area contributed by atoms with Gasteiger partial charge in [0.1, 0.15) is 0 Å². The summed E-state index contributed by atoms with van der Waals surface area (Å²) >= 11 is 0. The molecule has 0 unspecified atom stereocenters. The summed E-state index contributed by atoms with van der Waals surface area (Å²) in [5.74, 6) is 0. The highest BCUT2D eigenvalue weighted by Gasteiger charge is 2.25. The van der Waals surface area contributed by atoms with Crippen molar-refractivity contribution in [2.75, 3.05) is 9.80 Å². The normalized spacial score (nSPS) is 11.5. The standard InChI is InChI=1S/C58H40N4/c1-6-21-42(22-7-1)59(43-23-8-2-9-24-43)48-39-55(60(44-25-10-3-11-26-44)45-27-12-4-13-28-45)58-50-32-18-19-33-52(50)62(56(58)40-48)47-35-36-51-54(38-47)61(46-29-14-5-15-30-46)53-37-34-41-20-16-17-31-49(41)57(51)53/h1-40H. The SMILES string of the molecule is c1ccc(N(c2ccccc2)c2cc(N(c3ccccc3)c3ccccc3)c3c4ccccc4n(-c4ccc5c6c7ccccc7ccc6n(-c6ccccc6)c5c4)c3c2)cc1. The van der Waals surface area contributed by atoms with Crippen molar-refractivity contribution in [2.45, 2.75) is 0 Å². The van der Waals surface area contributed by atoms with Crippen molar-refractivity contribution in [1.29, 1.82) is 0 Å². The Labute approximate surface area is 360 Å². The monoisotopic (exact) mass is 792 g/mol. The van der Waals surface area contributed by atoms with Crippen molar-refractivity contribution in [1.82, 2.24) is 9.13 Å². The Bertz CT molecular complexity index is 3480. The fourth-order valence-corrected chi connectivity index (χ4v) is 9.60. The van der Waals surface area contributed by atoms with E-state index < -0.39 is 0 Å². The summed E-state index contributed by atoms with van der Waals surface area (Å²) in [6.07, 6.45) is 0. The van der Waals surface area contributed by atoms with Gasteiger partial charge in [-0.2, -0.15) is 0 Å². The third-order valence-electron chi connectivity index (χ3n) is 12.2. The van der Waals surface area contributed by atoms with Crippen LogP contribution in [0.5, 0.6) is 0 Å². The maximum absolute atomic E-state index is 2.48. The van der Waals surface area contributed by atoms with Gasteiger partial charge in [0, 0.05) is 55.7 Å². The molecular weight excluding hydrogens is 753 g/mol. The van der Waals surface area contributed by atoms with Crippen LogP contribution in [-0.4, -0.2) is 9.13 Å². The van der Waals surface area contributed by atoms with Crippen molar-refractivity contribution in [3.05, 3.63) is 243 Å². The second-order valence-corrected chi connectivity index (χ2v) is 15.8. The van der Waals surface area contributed by atoms with E-state index in [-0.39, 0.29) is 0 Å². The lowest BCUT2D eigenvalue weighted by Gasteiger charge is -2.30. The van der Waals surface area contributed by atoms with Crippen LogP contribution in [0.25, 0.3) is 65.8 Å². The van der Waals surface area contributed by atoms with Crippen molar-refractivity contribution >= 4 is 88.5 Å². The number of fused-ring (bicyclic) bond motifs is 8. The maximum atomic E-state index is 2.48. The zero-order valence-corrected chi connectivity index (χ0v) is 33.9. The summed E-state index contributed by atoms with van der Waals surface area (Å²) < 4.78 is 4.91. The van der Waals surface area contributed by atoms with Crippen LogP contribution in [0.1, 0.15) is 0 Å². The van der Waals surface area contributed by atoms with Gasteiger partial charge >= 0.3 is 0 Å². The molecule has 2 heterocycles. The average Bonchev–Trinajstić information content (AvgIpc) is 3.86. The first-order valence-corrected chi connectivity index (χ1v) is 21.2. The molecule has 0 aliphatic heterocycles. The lowest BCUT2D eigenvalue weighted by Crippen LogP contribution is -2.14. The number of aromatic nitrogens is 2. The molecule has 12 rings (SSSR count). The van der Waals surface area contributed by atoms with Gasteiger partial charge in [0.05, 0.1) is 33.4 Å². The smallest absolute Gasteiger partial charge is 0.0583 e. The van der Waals surface area contributed by atoms with E-state index >= 15 is 0 Å². The van der Waals surface area contributed by atoms with E-state index in [2.05, 4.69) is 262 Å². The summed E-state index contributed by atoms with van der Waals surface area (Å²) in [6.45, 7) is 0. The van der Waals surface area contributed by atoms with Gasteiger partial charge in [-0.3, -0.25) is 0 Å². The summed E-state index contributed by atoms with van der Waals surface area (Å²) in [6, 6.07) is 87.7. The minimum Gasteiger partial charge on any atom is -0.310 e. The van der Waals surface area contributed by atoms with Gasteiger partial charge in [-0.1, -0.05) is 146 Å². The summed E-state index contributed by atoms with van der Waals surface area (Å²) in [5.41, 5.74) is 13.3. The number of anilines is 6. The quantitative estimate of drug-likeness (QED) is 0.152. The fourth-order valence-electron chi connectivity index (χ4n) is 9.60. The minimum atomic E-state index is 1.05. The molecule has 292 valence electrons. The zero-order valence-electron chi connectivity index (χ0n) is 33.9. The summed E-state index contributed by atoms with van der Waals surface area (Å²) in [5, 5.41) is 7.34. The van der Waals surface area contributed by atoms with E-state index in [1.807, 2.05) is 0 Å². The molecule has 62 heavy (non-hydrogen) atoms. The first-order valence-electron chi connectivity index (χ1n) is 21.2. The molecule has 0 atom stereocenters. The highest BCUT2D eigenvalue weighted by atomic mass is 15.2. The average molecular weight is 793 g/mol. The Morgan fingerprint density at radius 3 is 1.39 bits per heavy atom. The Morgan fingerprint density at radius 1 is 0.258 bits per heavy atom. The Morgan fingerprint density at radius 2 is 0.758 bits per heavy atom. The molecule has 0 N–H and O–H groups in total. The Balaban J connectivity index is 1.22. The second-order valence-electron chi connectivity index (χ2n) is 15.8. The van der Waals surface area contributed by atoms with Gasteiger partial charge in [-0.05, 0) is 108 Å². The number of nitrogens with zero attached hydrogens (tertiary/aromatic N) is 4. The molecule has 0 spiro atoms. The van der Waals surface area contributed by atoms with E-state index in [4.69, 9.17) is 0 Å². The first-order chi connectivity index (χ1) is 30.8. The third kappa shape index (κ3) is 5.76. The van der Waals surface area contributed by atoms with E-state index in [0.717, 1.165) is 62.0 Å². The largest absolute Gasteiger partial charge is 0.310 e. The summed E-state index contributed by atoms with van der Waals surface area (Å²) in [4.78, 5) is 4.79. The van der Waals surface area contributed by atoms with Gasteiger partial charge in [-0.15, -0.1) is 0 Å². The molecule has 10 aromatic carbocycles. The maximum Gasteiger partial charge on any atom is 0.0583 e. The van der Waals surface area contributed by atoms with Crippen molar-refractivity contribution in [3.63, 3.8) is 0 Å². The molecule has 4 nitrogen and oxygen atoms in total. The van der Waals surface area contributed by atoms with Crippen LogP contribution < -0.4 is 9.80 Å². The van der Waals surface area contributed by atoms with Gasteiger partial charge in [0.15, 0.2) is 0 Å². The number of hydrogen-bond acceptors (Lipinski definition) is 2. The number of rotatable bonds is 8. The van der Waals surface area contributed by atoms with Crippen LogP contribution in [0.2, 0.25) is 0 Å². The highest BCUT2D eigenvalue weighted by molar-refractivity contribution is 6.22. The number of benzene rings is 10. The first kappa shape index (κ1) is 35.6. The molecule has 0 bridgehead atoms. The minimum absolute atomic E-state index is 1.05. The van der Waals surface area contributed by atoms with Gasteiger partial charge in [-0.25, -0.2) is 0 Å². The molecule has 0 saturated heterocycles. The number of para-hydroxylation sites is 6. The lowest BCUT2D eigenvalue weighted by molar-refractivity contribution is 1.15. The third-order valence-corrected chi connectivity index (χ3v) is 12.2. The molecule has 12 aromatic rings. The molecule has 0 saturated carbocycles. The van der Waals surface area contributed by atoms with Crippen LogP contribution in [0.4, 0.5) is 34.1 Å². The van der Waals surface area contributed by atoms with Crippen LogP contribution in [0.3, 0.4) is 0 Å². The molecule has 0 aliphatic rings. The van der Waals surface area contributed by atoms with Crippen molar-refractivity contribution in [3.8, 4) is 11.4 Å². The highest BCUT2D eigenvalue weighted by Crippen LogP contribution is 2.48. The molecule has 2 aromatic heterocycles. The van der Waals surface area contributed by atoms with Crippen LogP contribution in [0.15, 0.2) is 243 Å². The Hall–Kier alpha value is -8.34. The molecule has 4 heteroatoms. The predicted octanol–water partition coefficient (Wildman–Crippen LogP) is 16.0. The predicted molar refractivity (Wildman–Crippen MR) is 262 cm³/mol. The lowest BCUT2D eigenvalue weighted by atomic mass is 10.0. The molecule has 0 aliphatic carbocycles. The second kappa shape index (κ2) is 14.7. The molecule has 0 amide bonds. The Kier molecular flexibility index (Phi) is 8.46. The molecular formula is C58H40N4. The van der Waals surface area contributed by atoms with Crippen molar-refractivity contribution in [2.24, 2.45) is 0 Å². The van der Waals surface area contributed by atoms with E-state index in [1.54, 1.807) is 0 Å². The van der Waals surface area contributed by atoms with Gasteiger partial charge in [0.2, 0.25) is 0 Å². The molecule has 0 fully saturated rings. The van der Waals surface area contributed by atoms with E-state index in [0.29, 0.717) is 0 Å².